The maximum Gasteiger partial charge on any atom is 0.272 e. The van der Waals surface area contributed by atoms with Crippen molar-refractivity contribution in [2.45, 2.75) is 26.8 Å². The zero-order valence-electron chi connectivity index (χ0n) is 13.9. The fourth-order valence-corrected chi connectivity index (χ4v) is 2.21. The van der Waals surface area contributed by atoms with Crippen molar-refractivity contribution in [3.8, 4) is 5.75 Å². The van der Waals surface area contributed by atoms with Crippen LogP contribution in [0, 0.1) is 24.0 Å². The molecule has 0 bridgehead atoms. The molecule has 6 heteroatoms. The van der Waals surface area contributed by atoms with Crippen LogP contribution >= 0.6 is 0 Å². The minimum atomic E-state index is -0.463. The van der Waals surface area contributed by atoms with E-state index in [2.05, 4.69) is 5.32 Å². The first kappa shape index (κ1) is 17.5. The van der Waals surface area contributed by atoms with Gasteiger partial charge in [0.15, 0.2) is 0 Å². The third-order valence-electron chi connectivity index (χ3n) is 3.55. The number of carbonyl (C=O) groups is 1. The van der Waals surface area contributed by atoms with E-state index in [9.17, 15) is 14.9 Å². The Bertz CT molecular complexity index is 741. The highest BCUT2D eigenvalue weighted by molar-refractivity contribution is 5.94. The molecule has 24 heavy (non-hydrogen) atoms. The summed E-state index contributed by atoms with van der Waals surface area (Å²) in [5.41, 5.74) is 2.00. The molecule has 126 valence electrons. The van der Waals surface area contributed by atoms with Crippen LogP contribution in [0.4, 0.5) is 5.69 Å². The van der Waals surface area contributed by atoms with Gasteiger partial charge in [0.2, 0.25) is 0 Å². The van der Waals surface area contributed by atoms with E-state index >= 15 is 0 Å². The zero-order valence-corrected chi connectivity index (χ0v) is 13.9. The molecule has 6 nitrogen and oxygen atoms in total. The second-order valence-electron chi connectivity index (χ2n) is 5.76. The van der Waals surface area contributed by atoms with Crippen molar-refractivity contribution in [3.05, 3.63) is 69.3 Å². The lowest BCUT2D eigenvalue weighted by Gasteiger charge is -2.15. The fourth-order valence-electron chi connectivity index (χ4n) is 2.21. The number of benzene rings is 2. The minimum Gasteiger partial charge on any atom is -0.491 e. The van der Waals surface area contributed by atoms with E-state index in [-0.39, 0.29) is 17.6 Å². The largest absolute Gasteiger partial charge is 0.491 e. The molecule has 0 unspecified atom stereocenters. The Morgan fingerprint density at radius 2 is 1.88 bits per heavy atom. The number of ether oxygens (including phenoxy) is 1. The van der Waals surface area contributed by atoms with Crippen molar-refractivity contribution in [2.75, 3.05) is 6.61 Å². The van der Waals surface area contributed by atoms with Gasteiger partial charge in [0.05, 0.1) is 11.0 Å². The molecule has 0 aliphatic carbocycles. The maximum atomic E-state index is 12.2. The van der Waals surface area contributed by atoms with E-state index in [1.54, 1.807) is 6.92 Å². The summed E-state index contributed by atoms with van der Waals surface area (Å²) >= 11 is 0. The lowest BCUT2D eigenvalue weighted by atomic mass is 10.1. The second-order valence-corrected chi connectivity index (χ2v) is 5.76. The number of nitrogens with zero attached hydrogens (tertiary/aromatic N) is 1. The first-order valence-corrected chi connectivity index (χ1v) is 7.62. The van der Waals surface area contributed by atoms with Crippen LogP contribution in [0.3, 0.4) is 0 Å². The van der Waals surface area contributed by atoms with Crippen LogP contribution in [-0.4, -0.2) is 23.5 Å². The molecule has 1 amide bonds. The highest BCUT2D eigenvalue weighted by atomic mass is 16.6. The van der Waals surface area contributed by atoms with E-state index in [1.807, 2.05) is 38.1 Å². The van der Waals surface area contributed by atoms with Crippen LogP contribution in [0.2, 0.25) is 0 Å². The molecule has 0 spiro atoms. The maximum absolute atomic E-state index is 12.2. The Morgan fingerprint density at radius 1 is 1.21 bits per heavy atom. The van der Waals surface area contributed by atoms with Gasteiger partial charge in [-0.1, -0.05) is 17.7 Å². The van der Waals surface area contributed by atoms with Gasteiger partial charge in [-0.15, -0.1) is 0 Å². The lowest BCUT2D eigenvalue weighted by molar-refractivity contribution is -0.385. The topological polar surface area (TPSA) is 81.5 Å². The summed E-state index contributed by atoms with van der Waals surface area (Å²) < 4.78 is 5.63. The van der Waals surface area contributed by atoms with Gasteiger partial charge in [0.25, 0.3) is 11.6 Å². The molecule has 2 rings (SSSR count). The molecular weight excluding hydrogens is 308 g/mol. The van der Waals surface area contributed by atoms with Crippen molar-refractivity contribution in [3.63, 3.8) is 0 Å². The number of amides is 1. The predicted octanol–water partition coefficient (Wildman–Crippen LogP) is 3.41. The number of nitrogens with one attached hydrogen (secondary N) is 1. The molecule has 0 aromatic heterocycles. The van der Waals surface area contributed by atoms with Crippen LogP contribution in [0.5, 0.6) is 5.75 Å². The Balaban J connectivity index is 1.92. The Morgan fingerprint density at radius 3 is 2.46 bits per heavy atom. The summed E-state index contributed by atoms with van der Waals surface area (Å²) in [5.74, 6) is 0.459. The van der Waals surface area contributed by atoms with E-state index in [1.165, 1.54) is 18.2 Å². The van der Waals surface area contributed by atoms with Gasteiger partial charge in [-0.25, -0.2) is 0 Å². The van der Waals surface area contributed by atoms with E-state index in [0.717, 1.165) is 11.3 Å². The average Bonchev–Trinajstić information content (AvgIpc) is 2.53. The smallest absolute Gasteiger partial charge is 0.272 e. The summed E-state index contributed by atoms with van der Waals surface area (Å²) in [6.45, 7) is 5.78. The summed E-state index contributed by atoms with van der Waals surface area (Å²) in [6, 6.07) is 11.8. The Labute approximate surface area is 140 Å². The summed E-state index contributed by atoms with van der Waals surface area (Å²) in [7, 11) is 0. The van der Waals surface area contributed by atoms with Crippen LogP contribution < -0.4 is 10.1 Å². The van der Waals surface area contributed by atoms with E-state index in [4.69, 9.17) is 4.74 Å². The monoisotopic (exact) mass is 328 g/mol. The van der Waals surface area contributed by atoms with Gasteiger partial charge in [-0.05, 0) is 45.0 Å². The third kappa shape index (κ3) is 4.55. The quantitative estimate of drug-likeness (QED) is 0.651. The lowest BCUT2D eigenvalue weighted by Crippen LogP contribution is -2.36. The van der Waals surface area contributed by atoms with Crippen LogP contribution in [0.15, 0.2) is 42.5 Å². The second kappa shape index (κ2) is 7.59. The van der Waals surface area contributed by atoms with Gasteiger partial charge in [0, 0.05) is 17.2 Å². The molecule has 1 atom stereocenters. The molecule has 0 saturated carbocycles. The molecule has 2 aromatic carbocycles. The predicted molar refractivity (Wildman–Crippen MR) is 91.4 cm³/mol. The summed E-state index contributed by atoms with van der Waals surface area (Å²) in [5, 5.41) is 13.6. The Kier molecular flexibility index (Phi) is 5.52. The van der Waals surface area contributed by atoms with Crippen molar-refractivity contribution >= 4 is 11.6 Å². The van der Waals surface area contributed by atoms with E-state index in [0.29, 0.717) is 17.7 Å². The molecule has 2 aromatic rings. The molecule has 0 saturated heterocycles. The number of nitro groups is 1. The number of nitro benzene ring substituents is 1. The number of carbonyl (C=O) groups excluding carboxylic acids is 1. The SMILES string of the molecule is Cc1ccc(OC[C@H](C)NC(=O)c2ccc([N+](=O)[O-])c(C)c2)cc1. The number of hydrogen-bond donors (Lipinski definition) is 1. The number of hydrogen-bond acceptors (Lipinski definition) is 4. The van der Waals surface area contributed by atoms with Gasteiger partial charge in [0.1, 0.15) is 12.4 Å². The van der Waals surface area contributed by atoms with Gasteiger partial charge in [-0.2, -0.15) is 0 Å². The minimum absolute atomic E-state index is 0.00213. The zero-order chi connectivity index (χ0) is 17.7. The van der Waals surface area contributed by atoms with Crippen molar-refractivity contribution in [1.82, 2.24) is 5.32 Å². The van der Waals surface area contributed by atoms with Crippen molar-refractivity contribution in [1.29, 1.82) is 0 Å². The molecular formula is C18H20N2O4. The van der Waals surface area contributed by atoms with E-state index < -0.39 is 4.92 Å². The molecule has 0 radical (unpaired) electrons. The van der Waals surface area contributed by atoms with Gasteiger partial charge in [-0.3, -0.25) is 14.9 Å². The number of aryl methyl sites for hydroxylation is 2. The molecule has 0 heterocycles. The summed E-state index contributed by atoms with van der Waals surface area (Å²) in [6.07, 6.45) is 0. The van der Waals surface area contributed by atoms with Gasteiger partial charge >= 0.3 is 0 Å². The van der Waals surface area contributed by atoms with Crippen LogP contribution in [-0.2, 0) is 0 Å². The first-order chi connectivity index (χ1) is 11.4. The summed E-state index contributed by atoms with van der Waals surface area (Å²) in [4.78, 5) is 22.6. The molecule has 0 fully saturated rings. The highest BCUT2D eigenvalue weighted by Gasteiger charge is 2.15. The first-order valence-electron chi connectivity index (χ1n) is 7.62. The third-order valence-corrected chi connectivity index (χ3v) is 3.55. The van der Waals surface area contributed by atoms with Crippen LogP contribution in [0.25, 0.3) is 0 Å². The molecule has 0 aliphatic rings. The van der Waals surface area contributed by atoms with Gasteiger partial charge < -0.3 is 10.1 Å². The van der Waals surface area contributed by atoms with Crippen LogP contribution in [0.1, 0.15) is 28.4 Å². The Hall–Kier alpha value is -2.89. The van der Waals surface area contributed by atoms with Crippen molar-refractivity contribution < 1.29 is 14.5 Å². The average molecular weight is 328 g/mol. The normalized spacial score (nSPS) is 11.6. The fraction of sp³-hybridized carbons (Fsp3) is 0.278. The molecule has 1 N–H and O–H groups in total. The molecule has 0 aliphatic heterocycles. The standard InChI is InChI=1S/C18H20N2O4/c1-12-4-7-16(8-5-12)24-11-14(3)19-18(21)15-6-9-17(20(22)23)13(2)10-15/h4-10,14H,11H2,1-3H3,(H,19,21)/t14-/m0/s1. The highest BCUT2D eigenvalue weighted by Crippen LogP contribution is 2.18. The number of rotatable bonds is 6. The van der Waals surface area contributed by atoms with Crippen molar-refractivity contribution in [2.24, 2.45) is 0 Å².